The highest BCUT2D eigenvalue weighted by Crippen LogP contribution is 2.48. The second-order valence-corrected chi connectivity index (χ2v) is 15.2. The number of anilines is 3. The monoisotopic (exact) mass is 740 g/mol. The van der Waals surface area contributed by atoms with Crippen LogP contribution in [0.1, 0.15) is 0 Å². The van der Waals surface area contributed by atoms with Crippen molar-refractivity contribution in [3.05, 3.63) is 194 Å². The molecular weight excluding hydrogens is 709 g/mol. The van der Waals surface area contributed by atoms with Crippen molar-refractivity contribution in [2.45, 2.75) is 0 Å². The molecule has 12 aromatic rings. The molecule has 0 fully saturated rings. The first-order valence-corrected chi connectivity index (χ1v) is 19.8. The summed E-state index contributed by atoms with van der Waals surface area (Å²) in [5.41, 5.74) is 17.6. The molecule has 0 aliphatic carbocycles. The molecule has 13 rings (SSSR count). The maximum absolute atomic E-state index is 6.40. The van der Waals surface area contributed by atoms with Gasteiger partial charge in [-0.15, -0.1) is 0 Å². The number of rotatable bonds is 4. The molecule has 0 unspecified atom stereocenters. The molecule has 0 radical (unpaired) electrons. The van der Waals surface area contributed by atoms with E-state index in [0.717, 1.165) is 66.5 Å². The average molecular weight is 741 g/mol. The Morgan fingerprint density at radius 1 is 0.362 bits per heavy atom. The first-order chi connectivity index (χ1) is 28.8. The van der Waals surface area contributed by atoms with Crippen LogP contribution in [0, 0.1) is 0 Å². The SMILES string of the molecule is c1ccc2c(c1)-c1cc(-c3ccc(N(c4ccc5oc6ccccc6c5c4)c4cccc5oc6ccccc6c45)cc3)ccc1-c1cccc3c4ccccc4n-2c13. The highest BCUT2D eigenvalue weighted by molar-refractivity contribution is 6.17. The molecule has 4 heterocycles. The molecule has 0 spiro atoms. The van der Waals surface area contributed by atoms with Crippen LogP contribution in [-0.4, -0.2) is 4.57 Å². The molecule has 0 bridgehead atoms. The van der Waals surface area contributed by atoms with Gasteiger partial charge < -0.3 is 18.3 Å². The largest absolute Gasteiger partial charge is 0.456 e. The molecule has 1 aliphatic heterocycles. The van der Waals surface area contributed by atoms with Crippen LogP contribution in [0.2, 0.25) is 0 Å². The minimum absolute atomic E-state index is 0.857. The van der Waals surface area contributed by atoms with E-state index < -0.39 is 0 Å². The Kier molecular flexibility index (Phi) is 6.41. The highest BCUT2D eigenvalue weighted by Gasteiger charge is 2.25. The van der Waals surface area contributed by atoms with Crippen molar-refractivity contribution < 1.29 is 8.83 Å². The maximum atomic E-state index is 6.40. The van der Waals surface area contributed by atoms with Crippen LogP contribution in [0.3, 0.4) is 0 Å². The minimum Gasteiger partial charge on any atom is -0.456 e. The van der Waals surface area contributed by atoms with Gasteiger partial charge in [-0.1, -0.05) is 121 Å². The van der Waals surface area contributed by atoms with Gasteiger partial charge in [-0.3, -0.25) is 0 Å². The van der Waals surface area contributed by atoms with E-state index in [1.54, 1.807) is 0 Å². The second-order valence-electron chi connectivity index (χ2n) is 15.2. The van der Waals surface area contributed by atoms with Gasteiger partial charge >= 0.3 is 0 Å². The lowest BCUT2D eigenvalue weighted by Gasteiger charge is -2.26. The van der Waals surface area contributed by atoms with Crippen LogP contribution in [-0.2, 0) is 0 Å². The third kappa shape index (κ3) is 4.40. The molecule has 0 amide bonds. The smallest absolute Gasteiger partial charge is 0.137 e. The van der Waals surface area contributed by atoms with E-state index in [1.165, 1.54) is 55.3 Å². The van der Waals surface area contributed by atoms with E-state index in [-0.39, 0.29) is 0 Å². The molecule has 0 N–H and O–H groups in total. The number of fused-ring (bicyclic) bond motifs is 14. The summed E-state index contributed by atoms with van der Waals surface area (Å²) >= 11 is 0. The van der Waals surface area contributed by atoms with E-state index >= 15 is 0 Å². The van der Waals surface area contributed by atoms with E-state index in [1.807, 2.05) is 24.3 Å². The Morgan fingerprint density at radius 2 is 1.00 bits per heavy atom. The van der Waals surface area contributed by atoms with Crippen molar-refractivity contribution in [3.8, 4) is 39.1 Å². The van der Waals surface area contributed by atoms with Gasteiger partial charge in [0.15, 0.2) is 0 Å². The molecule has 58 heavy (non-hydrogen) atoms. The van der Waals surface area contributed by atoms with Crippen LogP contribution in [0.15, 0.2) is 203 Å². The Balaban J connectivity index is 0.983. The van der Waals surface area contributed by atoms with Crippen LogP contribution in [0.4, 0.5) is 17.1 Å². The van der Waals surface area contributed by atoms with Crippen molar-refractivity contribution in [2.24, 2.45) is 0 Å². The molecular formula is C54H32N2O2. The van der Waals surface area contributed by atoms with E-state index in [9.17, 15) is 0 Å². The quantitative estimate of drug-likeness (QED) is 0.180. The number of aromatic nitrogens is 1. The second kappa shape index (κ2) is 11.8. The molecule has 0 saturated heterocycles. The molecule has 0 atom stereocenters. The number of furan rings is 2. The van der Waals surface area contributed by atoms with Crippen LogP contribution in [0.5, 0.6) is 0 Å². The lowest BCUT2D eigenvalue weighted by Crippen LogP contribution is -2.10. The predicted octanol–water partition coefficient (Wildman–Crippen LogP) is 15.4. The summed E-state index contributed by atoms with van der Waals surface area (Å²) in [6, 6.07) is 69.7. The van der Waals surface area contributed by atoms with E-state index in [0.29, 0.717) is 0 Å². The van der Waals surface area contributed by atoms with Gasteiger partial charge in [-0.25, -0.2) is 0 Å². The summed E-state index contributed by atoms with van der Waals surface area (Å²) in [5.74, 6) is 0. The number of hydrogen-bond donors (Lipinski definition) is 0. The maximum Gasteiger partial charge on any atom is 0.137 e. The van der Waals surface area contributed by atoms with Gasteiger partial charge in [0.1, 0.15) is 22.3 Å². The molecule has 3 aromatic heterocycles. The van der Waals surface area contributed by atoms with Crippen LogP contribution >= 0.6 is 0 Å². The standard InChI is InChI=1S/C54H32N2O2/c1-5-17-46-38(11-1)42-16-9-15-41-37-29-25-34(31-44(37)39-12-2-6-18-47(39)56(46)54(41)42)33-23-26-35(27-24-33)55(36-28-30-51-45(32-36)40-13-3-7-20-49(40)57-51)48-19-10-22-52-53(48)43-14-4-8-21-50(43)58-52/h1-32H. The highest BCUT2D eigenvalue weighted by atomic mass is 16.3. The number of hydrogen-bond acceptors (Lipinski definition) is 3. The van der Waals surface area contributed by atoms with Gasteiger partial charge in [0.2, 0.25) is 0 Å². The number of nitrogens with zero attached hydrogens (tertiary/aromatic N) is 2. The van der Waals surface area contributed by atoms with Crippen LogP contribution < -0.4 is 4.90 Å². The molecule has 270 valence electrons. The van der Waals surface area contributed by atoms with Gasteiger partial charge in [0.05, 0.1) is 27.8 Å². The first-order valence-electron chi connectivity index (χ1n) is 19.8. The Hall–Kier alpha value is -7.82. The summed E-state index contributed by atoms with van der Waals surface area (Å²) in [7, 11) is 0. The normalized spacial score (nSPS) is 12.1. The lowest BCUT2D eigenvalue weighted by atomic mass is 9.90. The first kappa shape index (κ1) is 31.4. The molecule has 0 saturated carbocycles. The Morgan fingerprint density at radius 3 is 1.90 bits per heavy atom. The summed E-state index contributed by atoms with van der Waals surface area (Å²) in [6.45, 7) is 0. The van der Waals surface area contributed by atoms with Crippen LogP contribution in [0.25, 0.3) is 105 Å². The minimum atomic E-state index is 0.857. The molecule has 4 nitrogen and oxygen atoms in total. The topological polar surface area (TPSA) is 34.5 Å². The molecule has 4 heteroatoms. The van der Waals surface area contributed by atoms with Gasteiger partial charge in [0, 0.05) is 49.4 Å². The van der Waals surface area contributed by atoms with E-state index in [4.69, 9.17) is 8.83 Å². The summed E-state index contributed by atoms with van der Waals surface area (Å²) in [4.78, 5) is 2.35. The fourth-order valence-corrected chi connectivity index (χ4v) is 9.59. The van der Waals surface area contributed by atoms with Crippen molar-refractivity contribution in [1.82, 2.24) is 4.57 Å². The van der Waals surface area contributed by atoms with Gasteiger partial charge in [-0.05, 0) is 95.1 Å². The van der Waals surface area contributed by atoms with Crippen molar-refractivity contribution >= 4 is 82.7 Å². The Labute approximate surface area is 333 Å². The third-order valence-corrected chi connectivity index (χ3v) is 12.1. The van der Waals surface area contributed by atoms with Gasteiger partial charge in [0.25, 0.3) is 0 Å². The summed E-state index contributed by atoms with van der Waals surface area (Å²) in [6.07, 6.45) is 0. The lowest BCUT2D eigenvalue weighted by molar-refractivity contribution is 0.668. The summed E-state index contributed by atoms with van der Waals surface area (Å²) < 4.78 is 15.1. The number of benzene rings is 9. The van der Waals surface area contributed by atoms with Crippen molar-refractivity contribution in [3.63, 3.8) is 0 Å². The zero-order valence-corrected chi connectivity index (χ0v) is 31.2. The fraction of sp³-hybridized carbons (Fsp3) is 0. The van der Waals surface area contributed by atoms with Gasteiger partial charge in [-0.2, -0.15) is 0 Å². The zero-order chi connectivity index (χ0) is 37.9. The average Bonchev–Trinajstić information content (AvgIpc) is 3.94. The Bertz CT molecular complexity index is 3640. The van der Waals surface area contributed by atoms with Crippen molar-refractivity contribution in [1.29, 1.82) is 0 Å². The zero-order valence-electron chi connectivity index (χ0n) is 31.2. The predicted molar refractivity (Wildman–Crippen MR) is 240 cm³/mol. The molecule has 1 aliphatic rings. The fourth-order valence-electron chi connectivity index (χ4n) is 9.59. The summed E-state index contributed by atoms with van der Waals surface area (Å²) in [5, 5.41) is 6.91. The van der Waals surface area contributed by atoms with Crippen molar-refractivity contribution in [2.75, 3.05) is 4.90 Å². The third-order valence-electron chi connectivity index (χ3n) is 12.1. The molecule has 9 aromatic carbocycles. The number of para-hydroxylation sites is 5. The van der Waals surface area contributed by atoms with E-state index in [2.05, 4.69) is 179 Å².